The van der Waals surface area contributed by atoms with Gasteiger partial charge in [0.1, 0.15) is 11.6 Å². The molecule has 0 unspecified atom stereocenters. The maximum absolute atomic E-state index is 13.6. The second-order valence-corrected chi connectivity index (χ2v) is 5.16. The lowest BCUT2D eigenvalue weighted by Gasteiger charge is -2.06. The summed E-state index contributed by atoms with van der Waals surface area (Å²) < 4.78 is 26.7. The van der Waals surface area contributed by atoms with Crippen molar-refractivity contribution >= 4 is 29.3 Å². The molecule has 0 spiro atoms. The first kappa shape index (κ1) is 14.9. The number of anilines is 1. The zero-order chi connectivity index (χ0) is 14.5. The average Bonchev–Trinajstić information content (AvgIpc) is 2.40. The van der Waals surface area contributed by atoms with Gasteiger partial charge in [-0.05, 0) is 48.0 Å². The molecule has 0 bridgehead atoms. The van der Waals surface area contributed by atoms with Crippen LogP contribution >= 0.6 is 23.4 Å². The number of nitrogens with one attached hydrogen (secondary N) is 1. The molecule has 1 aromatic carbocycles. The first-order valence-electron chi connectivity index (χ1n) is 5.87. The van der Waals surface area contributed by atoms with Crippen LogP contribution in [0.3, 0.4) is 0 Å². The summed E-state index contributed by atoms with van der Waals surface area (Å²) >= 11 is 6.67. The molecule has 106 valence electrons. The van der Waals surface area contributed by atoms with Gasteiger partial charge in [0.2, 0.25) is 11.2 Å². The van der Waals surface area contributed by atoms with Gasteiger partial charge < -0.3 is 5.32 Å². The minimum atomic E-state index is -0.545. The Morgan fingerprint density at radius 3 is 2.80 bits per heavy atom. The predicted molar refractivity (Wildman–Crippen MR) is 74.1 cm³/mol. The van der Waals surface area contributed by atoms with Crippen LogP contribution in [-0.2, 0) is 0 Å². The zero-order valence-electron chi connectivity index (χ0n) is 10.5. The van der Waals surface area contributed by atoms with Crippen molar-refractivity contribution in [1.82, 2.24) is 15.0 Å². The normalized spacial score (nSPS) is 10.6. The number of rotatable bonds is 5. The number of halogens is 3. The first-order chi connectivity index (χ1) is 9.58. The Hall–Kier alpha value is -1.47. The van der Waals surface area contributed by atoms with Gasteiger partial charge in [-0.15, -0.1) is 0 Å². The van der Waals surface area contributed by atoms with Crippen LogP contribution in [-0.4, -0.2) is 21.5 Å². The average molecular weight is 317 g/mol. The smallest absolute Gasteiger partial charge is 0.228 e. The lowest BCUT2D eigenvalue weighted by Crippen LogP contribution is -2.06. The molecule has 1 N–H and O–H groups in total. The summed E-state index contributed by atoms with van der Waals surface area (Å²) in [5, 5.41) is 3.16. The molecule has 0 radical (unpaired) electrons. The van der Waals surface area contributed by atoms with Gasteiger partial charge in [0.05, 0.1) is 4.90 Å². The van der Waals surface area contributed by atoms with Gasteiger partial charge in [0.25, 0.3) is 0 Å². The van der Waals surface area contributed by atoms with E-state index in [1.165, 1.54) is 0 Å². The van der Waals surface area contributed by atoms with E-state index in [9.17, 15) is 8.78 Å². The predicted octanol–water partition coefficient (Wildman–Crippen LogP) is 3.78. The summed E-state index contributed by atoms with van der Waals surface area (Å²) in [7, 11) is 0. The van der Waals surface area contributed by atoms with E-state index in [2.05, 4.69) is 20.3 Å². The fourth-order valence-electron chi connectivity index (χ4n) is 1.35. The first-order valence-corrected chi connectivity index (χ1v) is 7.06. The molecular weight excluding hydrogens is 306 g/mol. The molecule has 1 heterocycles. The third-order valence-corrected chi connectivity index (χ3v) is 3.28. The van der Waals surface area contributed by atoms with Crippen molar-refractivity contribution < 1.29 is 8.78 Å². The summed E-state index contributed by atoms with van der Waals surface area (Å²) in [6.07, 6.45) is 0.893. The van der Waals surface area contributed by atoms with Crippen LogP contribution in [0.2, 0.25) is 5.28 Å². The van der Waals surface area contributed by atoms with Crippen molar-refractivity contribution in [2.75, 3.05) is 11.9 Å². The highest BCUT2D eigenvalue weighted by Crippen LogP contribution is 2.28. The Kier molecular flexibility index (Phi) is 5.08. The summed E-state index contributed by atoms with van der Waals surface area (Å²) in [6.45, 7) is 2.67. The molecule has 2 rings (SSSR count). The Bertz CT molecular complexity index is 612. The van der Waals surface area contributed by atoms with Crippen molar-refractivity contribution in [3.63, 3.8) is 0 Å². The van der Waals surface area contributed by atoms with Gasteiger partial charge in [-0.1, -0.05) is 6.92 Å². The molecular formula is C12H11ClF2N4S. The van der Waals surface area contributed by atoms with Crippen molar-refractivity contribution in [1.29, 1.82) is 0 Å². The summed E-state index contributed by atoms with van der Waals surface area (Å²) in [5.41, 5.74) is 0. The lowest BCUT2D eigenvalue weighted by molar-refractivity contribution is 0.577. The van der Waals surface area contributed by atoms with E-state index in [1.807, 2.05) is 6.92 Å². The van der Waals surface area contributed by atoms with Crippen LogP contribution < -0.4 is 5.32 Å². The third kappa shape index (κ3) is 4.01. The van der Waals surface area contributed by atoms with Gasteiger partial charge >= 0.3 is 0 Å². The molecule has 0 fully saturated rings. The van der Waals surface area contributed by atoms with Crippen LogP contribution in [0.5, 0.6) is 0 Å². The fraction of sp³-hybridized carbons (Fsp3) is 0.250. The second kappa shape index (κ2) is 6.81. The number of hydrogen-bond donors (Lipinski definition) is 1. The van der Waals surface area contributed by atoms with Crippen molar-refractivity contribution in [2.45, 2.75) is 23.4 Å². The van der Waals surface area contributed by atoms with E-state index in [0.717, 1.165) is 36.4 Å². The molecule has 4 nitrogen and oxygen atoms in total. The summed E-state index contributed by atoms with van der Waals surface area (Å²) in [4.78, 5) is 12.0. The molecule has 2 aromatic rings. The minimum Gasteiger partial charge on any atom is -0.354 e. The van der Waals surface area contributed by atoms with E-state index in [4.69, 9.17) is 11.6 Å². The molecule has 8 heteroatoms. The number of hydrogen-bond acceptors (Lipinski definition) is 5. The van der Waals surface area contributed by atoms with Crippen LogP contribution in [0.25, 0.3) is 0 Å². The summed E-state index contributed by atoms with van der Waals surface area (Å²) in [5.74, 6) is -0.763. The van der Waals surface area contributed by atoms with Crippen LogP contribution in [0, 0.1) is 11.6 Å². The van der Waals surface area contributed by atoms with Crippen LogP contribution in [0.4, 0.5) is 14.7 Å². The monoisotopic (exact) mass is 316 g/mol. The highest BCUT2D eigenvalue weighted by Gasteiger charge is 2.10. The Morgan fingerprint density at radius 2 is 2.05 bits per heavy atom. The minimum absolute atomic E-state index is 0.00193. The standard InChI is InChI=1S/C12H11ClF2N4S/c1-2-5-16-11-17-10(13)18-12(19-11)20-9-6-7(14)3-4-8(9)15/h3-4,6H,2,5H2,1H3,(H,16,17,18,19). The van der Waals surface area contributed by atoms with E-state index in [0.29, 0.717) is 12.5 Å². The maximum atomic E-state index is 13.6. The number of aromatic nitrogens is 3. The molecule has 1 aromatic heterocycles. The second-order valence-electron chi connectivity index (χ2n) is 3.81. The van der Waals surface area contributed by atoms with E-state index < -0.39 is 11.6 Å². The quantitative estimate of drug-likeness (QED) is 0.909. The fourth-order valence-corrected chi connectivity index (χ4v) is 2.36. The highest BCUT2D eigenvalue weighted by molar-refractivity contribution is 7.99. The number of benzene rings is 1. The molecule has 0 amide bonds. The molecule has 0 saturated carbocycles. The molecule has 0 saturated heterocycles. The summed E-state index contributed by atoms with van der Waals surface area (Å²) in [6, 6.07) is 3.18. The van der Waals surface area contributed by atoms with Gasteiger partial charge in [-0.25, -0.2) is 8.78 Å². The maximum Gasteiger partial charge on any atom is 0.228 e. The highest BCUT2D eigenvalue weighted by atomic mass is 35.5. The lowest BCUT2D eigenvalue weighted by atomic mass is 10.3. The van der Waals surface area contributed by atoms with Crippen molar-refractivity contribution in [2.24, 2.45) is 0 Å². The third-order valence-electron chi connectivity index (χ3n) is 2.22. The molecule has 0 atom stereocenters. The van der Waals surface area contributed by atoms with Gasteiger partial charge in [0.15, 0.2) is 5.16 Å². The zero-order valence-corrected chi connectivity index (χ0v) is 12.1. The van der Waals surface area contributed by atoms with Crippen molar-refractivity contribution in [3.05, 3.63) is 35.1 Å². The molecule has 20 heavy (non-hydrogen) atoms. The van der Waals surface area contributed by atoms with Crippen molar-refractivity contribution in [3.8, 4) is 0 Å². The Balaban J connectivity index is 2.24. The SMILES string of the molecule is CCCNc1nc(Cl)nc(Sc2cc(F)ccc2F)n1. The largest absolute Gasteiger partial charge is 0.354 e. The van der Waals surface area contributed by atoms with E-state index >= 15 is 0 Å². The van der Waals surface area contributed by atoms with Crippen LogP contribution in [0.1, 0.15) is 13.3 Å². The van der Waals surface area contributed by atoms with Crippen LogP contribution in [0.15, 0.2) is 28.3 Å². The Morgan fingerprint density at radius 1 is 1.25 bits per heavy atom. The van der Waals surface area contributed by atoms with Gasteiger partial charge in [0, 0.05) is 6.54 Å². The Labute approximate surface area is 124 Å². The van der Waals surface area contributed by atoms with E-state index in [1.54, 1.807) is 0 Å². The molecule has 0 aliphatic rings. The van der Waals surface area contributed by atoms with Gasteiger partial charge in [-0.2, -0.15) is 15.0 Å². The topological polar surface area (TPSA) is 50.7 Å². The number of nitrogens with zero attached hydrogens (tertiary/aromatic N) is 3. The molecule has 0 aliphatic heterocycles. The molecule has 0 aliphatic carbocycles. The van der Waals surface area contributed by atoms with Gasteiger partial charge in [-0.3, -0.25) is 0 Å². The van der Waals surface area contributed by atoms with E-state index in [-0.39, 0.29) is 15.3 Å².